The van der Waals surface area contributed by atoms with Crippen LogP contribution in [-0.2, 0) is 14.6 Å². The van der Waals surface area contributed by atoms with E-state index in [-0.39, 0.29) is 28.7 Å². The molecule has 0 spiro atoms. The first-order valence-corrected chi connectivity index (χ1v) is 7.46. The third-order valence-electron chi connectivity index (χ3n) is 2.73. The lowest BCUT2D eigenvalue weighted by Gasteiger charge is -2.39. The highest BCUT2D eigenvalue weighted by atomic mass is 32.2. The molecule has 0 aromatic heterocycles. The van der Waals surface area contributed by atoms with E-state index in [9.17, 15) is 13.2 Å². The molecule has 1 aliphatic heterocycles. The molecule has 1 heterocycles. The number of nitrogens with zero attached hydrogens (tertiary/aromatic N) is 1. The van der Waals surface area contributed by atoms with E-state index in [2.05, 4.69) is 0 Å². The molecule has 94 valence electrons. The van der Waals surface area contributed by atoms with E-state index in [1.165, 1.54) is 0 Å². The summed E-state index contributed by atoms with van der Waals surface area (Å²) in [4.78, 5) is 13.2. The maximum absolute atomic E-state index is 11.8. The van der Waals surface area contributed by atoms with Gasteiger partial charge < -0.3 is 4.90 Å². The Morgan fingerprint density at radius 3 is 2.12 bits per heavy atom. The minimum atomic E-state index is -3.01. The first-order chi connectivity index (χ1) is 7.24. The van der Waals surface area contributed by atoms with Crippen molar-refractivity contribution < 1.29 is 13.2 Å². The molecule has 1 saturated heterocycles. The first kappa shape index (κ1) is 13.5. The molecule has 0 unspecified atom stereocenters. The Morgan fingerprint density at radius 2 is 1.75 bits per heavy atom. The summed E-state index contributed by atoms with van der Waals surface area (Å²) in [6.07, 6.45) is 0. The zero-order chi connectivity index (χ0) is 12.5. The van der Waals surface area contributed by atoms with Crippen molar-refractivity contribution >= 4 is 15.7 Å². The van der Waals surface area contributed by atoms with E-state index >= 15 is 0 Å². The molecule has 0 aromatic carbocycles. The molecular weight excluding hydrogens is 226 g/mol. The van der Waals surface area contributed by atoms with E-state index in [0.717, 1.165) is 0 Å². The van der Waals surface area contributed by atoms with Crippen molar-refractivity contribution in [2.75, 3.05) is 18.8 Å². The molecule has 0 atom stereocenters. The molecule has 0 aromatic rings. The number of carbonyl (C=O) groups is 1. The molecule has 16 heavy (non-hydrogen) atoms. The van der Waals surface area contributed by atoms with Gasteiger partial charge in [-0.25, -0.2) is 8.42 Å². The van der Waals surface area contributed by atoms with Crippen molar-refractivity contribution in [1.29, 1.82) is 0 Å². The summed E-state index contributed by atoms with van der Waals surface area (Å²) in [7, 11) is -3.01. The second-order valence-electron chi connectivity index (χ2n) is 5.24. The monoisotopic (exact) mass is 247 g/mol. The third-order valence-corrected chi connectivity index (χ3v) is 5.17. The van der Waals surface area contributed by atoms with Crippen LogP contribution < -0.4 is 0 Å². The quantitative estimate of drug-likeness (QED) is 0.742. The highest BCUT2D eigenvalue weighted by molar-refractivity contribution is 7.92. The van der Waals surface area contributed by atoms with Crippen LogP contribution in [0.25, 0.3) is 0 Å². The van der Waals surface area contributed by atoms with Crippen LogP contribution >= 0.6 is 0 Å². The molecule has 1 amide bonds. The zero-order valence-electron chi connectivity index (χ0n) is 10.4. The van der Waals surface area contributed by atoms with Gasteiger partial charge in [-0.2, -0.15) is 0 Å². The maximum atomic E-state index is 11.8. The van der Waals surface area contributed by atoms with Gasteiger partial charge in [0.15, 0.2) is 9.84 Å². The number of hydrogen-bond donors (Lipinski definition) is 0. The lowest BCUT2D eigenvalue weighted by atomic mass is 10.1. The van der Waals surface area contributed by atoms with Crippen molar-refractivity contribution in [3.05, 3.63) is 0 Å². The Balaban J connectivity index is 2.50. The fourth-order valence-corrected chi connectivity index (χ4v) is 3.83. The van der Waals surface area contributed by atoms with Crippen molar-refractivity contribution in [1.82, 2.24) is 4.90 Å². The standard InChI is InChI=1S/C11H21NO3S/c1-8(2)7-16(14,15)10-5-12(6-10)11(13)9(3)4/h8-10H,5-7H2,1-4H3. The maximum Gasteiger partial charge on any atom is 0.225 e. The Bertz CT molecular complexity index is 353. The summed E-state index contributed by atoms with van der Waals surface area (Å²) in [5.41, 5.74) is 0. The number of likely N-dealkylation sites (tertiary alicyclic amines) is 1. The van der Waals surface area contributed by atoms with E-state index in [1.807, 2.05) is 27.7 Å². The topological polar surface area (TPSA) is 54.5 Å². The van der Waals surface area contributed by atoms with Gasteiger partial charge in [0.2, 0.25) is 5.91 Å². The highest BCUT2D eigenvalue weighted by Crippen LogP contribution is 2.20. The van der Waals surface area contributed by atoms with Crippen LogP contribution in [0.15, 0.2) is 0 Å². The summed E-state index contributed by atoms with van der Waals surface area (Å²) in [6, 6.07) is 0. The van der Waals surface area contributed by atoms with Crippen LogP contribution in [0, 0.1) is 11.8 Å². The van der Waals surface area contributed by atoms with Gasteiger partial charge in [-0.05, 0) is 5.92 Å². The SMILES string of the molecule is CC(C)CS(=O)(=O)C1CN(C(=O)C(C)C)C1. The van der Waals surface area contributed by atoms with E-state index in [0.29, 0.717) is 13.1 Å². The number of carbonyl (C=O) groups excluding carboxylic acids is 1. The molecule has 5 heteroatoms. The largest absolute Gasteiger partial charge is 0.340 e. The van der Waals surface area contributed by atoms with Crippen molar-refractivity contribution in [2.24, 2.45) is 11.8 Å². The van der Waals surface area contributed by atoms with Gasteiger partial charge in [-0.3, -0.25) is 4.79 Å². The van der Waals surface area contributed by atoms with Gasteiger partial charge in [-0.1, -0.05) is 27.7 Å². The smallest absolute Gasteiger partial charge is 0.225 e. The normalized spacial score (nSPS) is 18.0. The van der Waals surface area contributed by atoms with Crippen molar-refractivity contribution in [3.8, 4) is 0 Å². The molecular formula is C11H21NO3S. The van der Waals surface area contributed by atoms with Crippen LogP contribution in [-0.4, -0.2) is 43.3 Å². The summed E-state index contributed by atoms with van der Waals surface area (Å²) >= 11 is 0. The minimum Gasteiger partial charge on any atom is -0.340 e. The van der Waals surface area contributed by atoms with Gasteiger partial charge in [0, 0.05) is 19.0 Å². The van der Waals surface area contributed by atoms with Crippen LogP contribution in [0.5, 0.6) is 0 Å². The van der Waals surface area contributed by atoms with Gasteiger partial charge in [0.05, 0.1) is 11.0 Å². The Morgan fingerprint density at radius 1 is 1.25 bits per heavy atom. The van der Waals surface area contributed by atoms with Gasteiger partial charge in [-0.15, -0.1) is 0 Å². The number of amides is 1. The molecule has 0 N–H and O–H groups in total. The molecule has 1 fully saturated rings. The Kier molecular flexibility index (Phi) is 3.99. The van der Waals surface area contributed by atoms with Gasteiger partial charge in [0.25, 0.3) is 0 Å². The molecule has 1 aliphatic rings. The zero-order valence-corrected chi connectivity index (χ0v) is 11.3. The lowest BCUT2D eigenvalue weighted by molar-refractivity contribution is -0.137. The second-order valence-corrected chi connectivity index (χ2v) is 7.57. The lowest BCUT2D eigenvalue weighted by Crippen LogP contribution is -2.58. The predicted octanol–water partition coefficient (Wildman–Crippen LogP) is 0.924. The van der Waals surface area contributed by atoms with E-state index < -0.39 is 9.84 Å². The first-order valence-electron chi connectivity index (χ1n) is 5.74. The molecule has 0 bridgehead atoms. The molecule has 1 rings (SSSR count). The van der Waals surface area contributed by atoms with Crippen molar-refractivity contribution in [3.63, 3.8) is 0 Å². The average molecular weight is 247 g/mol. The molecule has 0 saturated carbocycles. The Hall–Kier alpha value is -0.580. The second kappa shape index (κ2) is 4.73. The van der Waals surface area contributed by atoms with Crippen LogP contribution in [0.4, 0.5) is 0 Å². The average Bonchev–Trinajstić information content (AvgIpc) is 1.96. The summed E-state index contributed by atoms with van der Waals surface area (Å²) in [5.74, 6) is 0.381. The summed E-state index contributed by atoms with van der Waals surface area (Å²) in [6.45, 7) is 8.22. The van der Waals surface area contributed by atoms with Crippen LogP contribution in [0.1, 0.15) is 27.7 Å². The fourth-order valence-electron chi connectivity index (χ4n) is 1.81. The van der Waals surface area contributed by atoms with Gasteiger partial charge >= 0.3 is 0 Å². The van der Waals surface area contributed by atoms with Crippen LogP contribution in [0.3, 0.4) is 0 Å². The van der Waals surface area contributed by atoms with Crippen LogP contribution in [0.2, 0.25) is 0 Å². The summed E-state index contributed by atoms with van der Waals surface area (Å²) in [5, 5.41) is -0.336. The van der Waals surface area contributed by atoms with E-state index in [1.54, 1.807) is 4.90 Å². The minimum absolute atomic E-state index is 0.0475. The molecule has 4 nitrogen and oxygen atoms in total. The number of hydrogen-bond acceptors (Lipinski definition) is 3. The summed E-state index contributed by atoms with van der Waals surface area (Å²) < 4.78 is 23.6. The Labute approximate surface area is 97.9 Å². The van der Waals surface area contributed by atoms with Crippen molar-refractivity contribution in [2.45, 2.75) is 32.9 Å². The third kappa shape index (κ3) is 2.97. The van der Waals surface area contributed by atoms with Gasteiger partial charge in [0.1, 0.15) is 0 Å². The highest BCUT2D eigenvalue weighted by Gasteiger charge is 2.39. The fraction of sp³-hybridized carbons (Fsp3) is 0.909. The molecule has 0 radical (unpaired) electrons. The number of sulfone groups is 1. The number of rotatable bonds is 4. The van der Waals surface area contributed by atoms with E-state index in [4.69, 9.17) is 0 Å². The predicted molar refractivity (Wildman–Crippen MR) is 63.8 cm³/mol. The molecule has 0 aliphatic carbocycles.